The third-order valence-electron chi connectivity index (χ3n) is 9.25. The van der Waals surface area contributed by atoms with Gasteiger partial charge in [-0.25, -0.2) is 4.98 Å². The molecule has 9 rings (SSSR count). The Morgan fingerprint density at radius 2 is 1.14 bits per heavy atom. The highest BCUT2D eigenvalue weighted by atomic mass is 15.2. The first-order valence-corrected chi connectivity index (χ1v) is 15.1. The zero-order chi connectivity index (χ0) is 29.4. The number of benzene rings is 6. The quantitative estimate of drug-likeness (QED) is 0.215. The molecule has 0 fully saturated rings. The molecule has 0 unspecified atom stereocenters. The minimum Gasteiger partial charge on any atom is -0.278 e. The van der Waals surface area contributed by atoms with Crippen LogP contribution in [0.3, 0.4) is 0 Å². The number of aromatic nitrogens is 4. The molecule has 4 heteroatoms. The van der Waals surface area contributed by atoms with Crippen LogP contribution in [0.5, 0.6) is 0 Å². The Bertz CT molecular complexity index is 2340. The summed E-state index contributed by atoms with van der Waals surface area (Å²) in [6, 6.07) is 47.0. The van der Waals surface area contributed by atoms with Gasteiger partial charge in [0.2, 0.25) is 5.95 Å². The Hall–Kier alpha value is -5.61. The highest BCUT2D eigenvalue weighted by molar-refractivity contribution is 6.20. The van der Waals surface area contributed by atoms with Gasteiger partial charge in [-0.1, -0.05) is 135 Å². The predicted molar refractivity (Wildman–Crippen MR) is 180 cm³/mol. The average Bonchev–Trinajstić information content (AvgIpc) is 3.42. The summed E-state index contributed by atoms with van der Waals surface area (Å²) in [7, 11) is 0. The summed E-state index contributed by atoms with van der Waals surface area (Å²) in [6.07, 6.45) is 0. The fourth-order valence-electron chi connectivity index (χ4n) is 7.19. The number of nitrogens with zero attached hydrogens (tertiary/aromatic N) is 4. The third-order valence-corrected chi connectivity index (χ3v) is 9.25. The zero-order valence-electron chi connectivity index (χ0n) is 24.5. The van der Waals surface area contributed by atoms with E-state index in [4.69, 9.17) is 15.0 Å². The van der Waals surface area contributed by atoms with Crippen molar-refractivity contribution in [1.82, 2.24) is 19.5 Å². The van der Waals surface area contributed by atoms with Gasteiger partial charge in [-0.05, 0) is 45.2 Å². The van der Waals surface area contributed by atoms with Gasteiger partial charge in [-0.2, -0.15) is 9.97 Å². The smallest absolute Gasteiger partial charge is 0.238 e. The molecule has 0 saturated carbocycles. The molecule has 1 aliphatic rings. The number of rotatable bonds is 3. The molecule has 2 aromatic heterocycles. The van der Waals surface area contributed by atoms with Crippen LogP contribution in [0, 0.1) is 0 Å². The first-order valence-electron chi connectivity index (χ1n) is 15.1. The molecule has 0 atom stereocenters. The highest BCUT2D eigenvalue weighted by Gasteiger charge is 2.35. The Morgan fingerprint density at radius 1 is 0.500 bits per heavy atom. The second-order valence-corrected chi connectivity index (χ2v) is 12.1. The molecular weight excluding hydrogens is 536 g/mol. The van der Waals surface area contributed by atoms with Crippen LogP contribution in [0.15, 0.2) is 133 Å². The van der Waals surface area contributed by atoms with Crippen LogP contribution in [0.4, 0.5) is 0 Å². The van der Waals surface area contributed by atoms with Crippen LogP contribution in [0.25, 0.3) is 72.4 Å². The van der Waals surface area contributed by atoms with Crippen molar-refractivity contribution < 1.29 is 0 Å². The fourth-order valence-corrected chi connectivity index (χ4v) is 7.19. The van der Waals surface area contributed by atoms with Crippen LogP contribution in [0.1, 0.15) is 25.0 Å². The topological polar surface area (TPSA) is 43.6 Å². The molecule has 6 aromatic carbocycles. The SMILES string of the molecule is CC1(C)c2ccc3c(c2-c2cccc4cccc1c24)c1ccccc1n3-c1nc(-c2ccccc2)nc(-c2ccccc2)n1. The van der Waals surface area contributed by atoms with Gasteiger partial charge in [-0.15, -0.1) is 0 Å². The lowest BCUT2D eigenvalue weighted by molar-refractivity contribution is 0.646. The summed E-state index contributed by atoms with van der Waals surface area (Å²) in [4.78, 5) is 15.2. The second kappa shape index (κ2) is 9.19. The van der Waals surface area contributed by atoms with Gasteiger partial charge in [0.15, 0.2) is 11.6 Å². The second-order valence-electron chi connectivity index (χ2n) is 12.1. The Balaban J connectivity index is 1.41. The Kier molecular flexibility index (Phi) is 5.21. The summed E-state index contributed by atoms with van der Waals surface area (Å²) in [5.41, 5.74) is 9.20. The van der Waals surface area contributed by atoms with Gasteiger partial charge in [0.1, 0.15) is 0 Å². The van der Waals surface area contributed by atoms with Crippen molar-refractivity contribution in [2.45, 2.75) is 19.3 Å². The average molecular weight is 565 g/mol. The summed E-state index contributed by atoms with van der Waals surface area (Å²) >= 11 is 0. The van der Waals surface area contributed by atoms with E-state index in [0.29, 0.717) is 17.6 Å². The van der Waals surface area contributed by atoms with Gasteiger partial charge in [0.05, 0.1) is 11.0 Å². The van der Waals surface area contributed by atoms with Crippen molar-refractivity contribution >= 4 is 32.6 Å². The molecule has 0 spiro atoms. The molecule has 0 radical (unpaired) electrons. The minimum absolute atomic E-state index is 0.158. The lowest BCUT2D eigenvalue weighted by atomic mass is 9.68. The predicted octanol–water partition coefficient (Wildman–Crippen LogP) is 9.76. The van der Waals surface area contributed by atoms with Crippen molar-refractivity contribution in [2.75, 3.05) is 0 Å². The van der Waals surface area contributed by atoms with Gasteiger partial charge in [-0.3, -0.25) is 4.57 Å². The molecule has 208 valence electrons. The number of fused-ring (bicyclic) bond motifs is 6. The minimum atomic E-state index is -0.158. The monoisotopic (exact) mass is 564 g/mol. The van der Waals surface area contributed by atoms with Crippen molar-refractivity contribution in [3.8, 4) is 39.9 Å². The third kappa shape index (κ3) is 3.48. The summed E-state index contributed by atoms with van der Waals surface area (Å²) in [6.45, 7) is 4.71. The Morgan fingerprint density at radius 3 is 1.84 bits per heavy atom. The lowest BCUT2D eigenvalue weighted by Crippen LogP contribution is -2.23. The van der Waals surface area contributed by atoms with Crippen molar-refractivity contribution in [1.29, 1.82) is 0 Å². The molecule has 0 saturated heterocycles. The van der Waals surface area contributed by atoms with Crippen LogP contribution in [-0.2, 0) is 5.41 Å². The standard InChI is InChI=1S/C40H28N4/c1-40(2)30-21-12-18-25-17-11-20-29(34(25)30)35-31(40)23-24-33-36(35)28-19-9-10-22-32(28)44(33)39-42-37(26-13-5-3-6-14-26)41-38(43-39)27-15-7-4-8-16-27/h3-24H,1-2H3. The molecule has 2 heterocycles. The van der Waals surface area contributed by atoms with Gasteiger partial charge < -0.3 is 0 Å². The van der Waals surface area contributed by atoms with Crippen LogP contribution >= 0.6 is 0 Å². The highest BCUT2D eigenvalue weighted by Crippen LogP contribution is 2.52. The lowest BCUT2D eigenvalue weighted by Gasteiger charge is -2.35. The molecule has 1 aliphatic carbocycles. The van der Waals surface area contributed by atoms with E-state index in [9.17, 15) is 0 Å². The normalized spacial score (nSPS) is 13.4. The maximum Gasteiger partial charge on any atom is 0.238 e. The van der Waals surface area contributed by atoms with E-state index < -0.39 is 0 Å². The van der Waals surface area contributed by atoms with E-state index in [2.05, 4.69) is 115 Å². The first-order chi connectivity index (χ1) is 21.6. The summed E-state index contributed by atoms with van der Waals surface area (Å²) in [5, 5.41) is 5.04. The van der Waals surface area contributed by atoms with Crippen LogP contribution in [0.2, 0.25) is 0 Å². The fraction of sp³-hybridized carbons (Fsp3) is 0.0750. The van der Waals surface area contributed by atoms with Crippen LogP contribution < -0.4 is 0 Å². The van der Waals surface area contributed by atoms with Gasteiger partial charge in [0, 0.05) is 27.3 Å². The molecule has 8 aromatic rings. The largest absolute Gasteiger partial charge is 0.278 e. The van der Waals surface area contributed by atoms with Crippen LogP contribution in [-0.4, -0.2) is 19.5 Å². The van der Waals surface area contributed by atoms with E-state index in [-0.39, 0.29) is 5.41 Å². The van der Waals surface area contributed by atoms with E-state index in [1.807, 2.05) is 36.4 Å². The summed E-state index contributed by atoms with van der Waals surface area (Å²) in [5.74, 6) is 1.91. The van der Waals surface area contributed by atoms with E-state index in [1.54, 1.807) is 0 Å². The maximum atomic E-state index is 5.13. The molecule has 0 N–H and O–H groups in total. The molecule has 44 heavy (non-hydrogen) atoms. The molecule has 0 bridgehead atoms. The van der Waals surface area contributed by atoms with Crippen molar-refractivity contribution in [2.24, 2.45) is 0 Å². The molecular formula is C40H28N4. The molecule has 4 nitrogen and oxygen atoms in total. The number of hydrogen-bond donors (Lipinski definition) is 0. The first kappa shape index (κ1) is 24.9. The zero-order valence-corrected chi connectivity index (χ0v) is 24.5. The Labute approximate surface area is 255 Å². The molecule has 0 aliphatic heterocycles. The van der Waals surface area contributed by atoms with Gasteiger partial charge in [0.25, 0.3) is 0 Å². The molecule has 0 amide bonds. The van der Waals surface area contributed by atoms with E-state index in [1.165, 1.54) is 43.8 Å². The van der Waals surface area contributed by atoms with Crippen molar-refractivity contribution in [3.63, 3.8) is 0 Å². The maximum absolute atomic E-state index is 5.13. The summed E-state index contributed by atoms with van der Waals surface area (Å²) < 4.78 is 2.22. The number of hydrogen-bond acceptors (Lipinski definition) is 3. The number of para-hydroxylation sites is 1. The van der Waals surface area contributed by atoms with Crippen molar-refractivity contribution in [3.05, 3.63) is 145 Å². The van der Waals surface area contributed by atoms with E-state index in [0.717, 1.165) is 22.2 Å². The van der Waals surface area contributed by atoms with E-state index >= 15 is 0 Å². The van der Waals surface area contributed by atoms with Gasteiger partial charge >= 0.3 is 0 Å².